The zero-order valence-corrected chi connectivity index (χ0v) is 14.7. The number of thioether (sulfide) groups is 1. The molecule has 0 aliphatic carbocycles. The topological polar surface area (TPSA) is 70.5 Å². The molecule has 1 aliphatic heterocycles. The lowest BCUT2D eigenvalue weighted by molar-refractivity contribution is -0.145. The van der Waals surface area contributed by atoms with Crippen molar-refractivity contribution in [2.75, 3.05) is 0 Å². The van der Waals surface area contributed by atoms with Gasteiger partial charge in [-0.1, -0.05) is 54.3 Å². The molecule has 1 saturated heterocycles. The molecule has 3 rings (SSSR count). The second-order valence-corrected chi connectivity index (χ2v) is 7.05. The summed E-state index contributed by atoms with van der Waals surface area (Å²) in [4.78, 5) is 30.0. The van der Waals surface area contributed by atoms with Gasteiger partial charge in [-0.2, -0.15) is 0 Å². The van der Waals surface area contributed by atoms with E-state index in [1.165, 1.54) is 4.90 Å². The first-order valence-corrected chi connectivity index (χ1v) is 8.72. The number of nitrogens with zero attached hydrogens (tertiary/aromatic N) is 2. The number of carbonyl (C=O) groups excluding carboxylic acids is 1. The second-order valence-electron chi connectivity index (χ2n) is 5.38. The maximum atomic E-state index is 12.7. The van der Waals surface area contributed by atoms with Gasteiger partial charge in [0.15, 0.2) is 0 Å². The summed E-state index contributed by atoms with van der Waals surface area (Å²) in [6.07, 6.45) is 5.15. The SMILES string of the molecule is O=C(O)[C@@H](Cc1ccccc1)N1C(=O)/C(=C/c2ccncc2)SC1=S. The molecule has 7 heteroatoms. The van der Waals surface area contributed by atoms with Gasteiger partial charge in [0.25, 0.3) is 5.91 Å². The fraction of sp³-hybridized carbons (Fsp3) is 0.111. The minimum atomic E-state index is -1.08. The third kappa shape index (κ3) is 3.94. The Morgan fingerprint density at radius 2 is 1.92 bits per heavy atom. The number of hydrogen-bond acceptors (Lipinski definition) is 5. The molecule has 25 heavy (non-hydrogen) atoms. The maximum Gasteiger partial charge on any atom is 0.327 e. The van der Waals surface area contributed by atoms with Crippen LogP contribution in [0.15, 0.2) is 59.8 Å². The average Bonchev–Trinajstić information content (AvgIpc) is 2.88. The van der Waals surface area contributed by atoms with E-state index in [4.69, 9.17) is 12.2 Å². The Hall–Kier alpha value is -2.51. The number of rotatable bonds is 5. The third-order valence-corrected chi connectivity index (χ3v) is 5.03. The molecule has 0 radical (unpaired) electrons. The third-order valence-electron chi connectivity index (χ3n) is 3.70. The number of carbonyl (C=O) groups is 2. The van der Waals surface area contributed by atoms with Crippen molar-refractivity contribution >= 4 is 46.3 Å². The summed E-state index contributed by atoms with van der Waals surface area (Å²) in [7, 11) is 0. The maximum absolute atomic E-state index is 12.7. The smallest absolute Gasteiger partial charge is 0.327 e. The van der Waals surface area contributed by atoms with E-state index in [1.54, 1.807) is 30.6 Å². The zero-order valence-electron chi connectivity index (χ0n) is 13.0. The number of hydrogen-bond donors (Lipinski definition) is 1. The summed E-state index contributed by atoms with van der Waals surface area (Å²) >= 11 is 6.39. The minimum absolute atomic E-state index is 0.200. The summed E-state index contributed by atoms with van der Waals surface area (Å²) < 4.78 is 0.258. The molecule has 2 heterocycles. The number of aliphatic carboxylic acids is 1. The van der Waals surface area contributed by atoms with E-state index in [2.05, 4.69) is 4.98 Å². The minimum Gasteiger partial charge on any atom is -0.480 e. The highest BCUT2D eigenvalue weighted by Gasteiger charge is 2.40. The second kappa shape index (κ2) is 7.58. The average molecular weight is 370 g/mol. The number of amides is 1. The first-order valence-electron chi connectivity index (χ1n) is 7.50. The number of aromatic nitrogens is 1. The van der Waals surface area contributed by atoms with Crippen molar-refractivity contribution in [3.8, 4) is 0 Å². The van der Waals surface area contributed by atoms with Gasteiger partial charge in [-0.15, -0.1) is 0 Å². The molecular weight excluding hydrogens is 356 g/mol. The summed E-state index contributed by atoms with van der Waals surface area (Å²) in [6, 6.07) is 11.7. The molecule has 0 spiro atoms. The van der Waals surface area contributed by atoms with E-state index < -0.39 is 12.0 Å². The van der Waals surface area contributed by atoms with Gasteiger partial charge in [-0.25, -0.2) is 4.79 Å². The van der Waals surface area contributed by atoms with Crippen LogP contribution in [0.4, 0.5) is 0 Å². The molecule has 1 aromatic heterocycles. The van der Waals surface area contributed by atoms with Gasteiger partial charge in [0, 0.05) is 18.8 Å². The molecule has 5 nitrogen and oxygen atoms in total. The van der Waals surface area contributed by atoms with E-state index in [1.807, 2.05) is 30.3 Å². The van der Waals surface area contributed by atoms with Crippen LogP contribution in [0.25, 0.3) is 6.08 Å². The Bertz CT molecular complexity index is 838. The van der Waals surface area contributed by atoms with E-state index in [-0.39, 0.29) is 16.6 Å². The van der Waals surface area contributed by atoms with Gasteiger partial charge in [0.05, 0.1) is 4.91 Å². The molecule has 1 aliphatic rings. The molecule has 0 bridgehead atoms. The monoisotopic (exact) mass is 370 g/mol. The fourth-order valence-corrected chi connectivity index (χ4v) is 3.84. The lowest BCUT2D eigenvalue weighted by Gasteiger charge is -2.23. The molecule has 126 valence electrons. The first kappa shape index (κ1) is 17.3. The molecular formula is C18H14N2O3S2. The highest BCUT2D eigenvalue weighted by molar-refractivity contribution is 8.26. The predicted octanol–water partition coefficient (Wildman–Crippen LogP) is 2.98. The Kier molecular flexibility index (Phi) is 5.25. The lowest BCUT2D eigenvalue weighted by atomic mass is 10.0. The largest absolute Gasteiger partial charge is 0.480 e. The van der Waals surface area contributed by atoms with Crippen LogP contribution in [-0.2, 0) is 16.0 Å². The summed E-state index contributed by atoms with van der Waals surface area (Å²) in [5.74, 6) is -1.46. The summed E-state index contributed by atoms with van der Waals surface area (Å²) in [5.41, 5.74) is 1.65. The van der Waals surface area contributed by atoms with Crippen molar-refractivity contribution < 1.29 is 14.7 Å². The van der Waals surface area contributed by atoms with Gasteiger partial charge >= 0.3 is 5.97 Å². The number of pyridine rings is 1. The Morgan fingerprint density at radius 3 is 2.56 bits per heavy atom. The molecule has 2 aromatic rings. The number of carboxylic acids is 1. The van der Waals surface area contributed by atoms with Gasteiger partial charge < -0.3 is 5.11 Å². The van der Waals surface area contributed by atoms with E-state index in [0.29, 0.717) is 4.91 Å². The van der Waals surface area contributed by atoms with Crippen LogP contribution >= 0.6 is 24.0 Å². The van der Waals surface area contributed by atoms with E-state index >= 15 is 0 Å². The predicted molar refractivity (Wildman–Crippen MR) is 101 cm³/mol. The van der Waals surface area contributed by atoms with Crippen molar-refractivity contribution in [2.24, 2.45) is 0 Å². The van der Waals surface area contributed by atoms with Crippen molar-refractivity contribution in [3.05, 3.63) is 70.9 Å². The zero-order chi connectivity index (χ0) is 17.8. The number of thiocarbonyl (C=S) groups is 1. The molecule has 1 fully saturated rings. The fourth-order valence-electron chi connectivity index (χ4n) is 2.49. The number of carboxylic acid groups (broad SMARTS) is 1. The highest BCUT2D eigenvalue weighted by atomic mass is 32.2. The molecule has 1 atom stereocenters. The standard InChI is InChI=1S/C18H14N2O3S2/c21-16-15(11-13-6-8-19-9-7-13)25-18(24)20(16)14(17(22)23)10-12-4-2-1-3-5-12/h1-9,11,14H,10H2,(H,22,23)/b15-11-/t14-/m1/s1. The van der Waals surface area contributed by atoms with E-state index in [9.17, 15) is 14.7 Å². The first-order chi connectivity index (χ1) is 12.1. The van der Waals surface area contributed by atoms with Crippen LogP contribution in [0, 0.1) is 0 Å². The van der Waals surface area contributed by atoms with Crippen LogP contribution < -0.4 is 0 Å². The van der Waals surface area contributed by atoms with Crippen molar-refractivity contribution in [1.82, 2.24) is 9.88 Å². The van der Waals surface area contributed by atoms with Crippen molar-refractivity contribution in [2.45, 2.75) is 12.5 Å². The van der Waals surface area contributed by atoms with Crippen molar-refractivity contribution in [1.29, 1.82) is 0 Å². The highest BCUT2D eigenvalue weighted by Crippen LogP contribution is 2.34. The molecule has 1 amide bonds. The van der Waals surface area contributed by atoms with Gasteiger partial charge in [-0.05, 0) is 29.3 Å². The van der Waals surface area contributed by atoms with Crippen LogP contribution in [0.5, 0.6) is 0 Å². The van der Waals surface area contributed by atoms with Crippen LogP contribution in [0.3, 0.4) is 0 Å². The Labute approximate surface area is 154 Å². The van der Waals surface area contributed by atoms with Crippen LogP contribution in [-0.4, -0.2) is 37.2 Å². The van der Waals surface area contributed by atoms with Crippen LogP contribution in [0.1, 0.15) is 11.1 Å². The Morgan fingerprint density at radius 1 is 1.24 bits per heavy atom. The van der Waals surface area contributed by atoms with E-state index in [0.717, 1.165) is 22.9 Å². The van der Waals surface area contributed by atoms with Crippen LogP contribution in [0.2, 0.25) is 0 Å². The van der Waals surface area contributed by atoms with Gasteiger partial charge in [0.1, 0.15) is 10.4 Å². The van der Waals surface area contributed by atoms with Gasteiger partial charge in [0.2, 0.25) is 0 Å². The normalized spacial score (nSPS) is 17.1. The molecule has 1 aromatic carbocycles. The van der Waals surface area contributed by atoms with Gasteiger partial charge in [-0.3, -0.25) is 14.7 Å². The number of benzene rings is 1. The Balaban J connectivity index is 1.87. The summed E-state index contributed by atoms with van der Waals surface area (Å²) in [6.45, 7) is 0. The molecule has 0 saturated carbocycles. The lowest BCUT2D eigenvalue weighted by Crippen LogP contribution is -2.45. The molecule has 0 unspecified atom stereocenters. The molecule has 1 N–H and O–H groups in total. The summed E-state index contributed by atoms with van der Waals surface area (Å²) in [5, 5.41) is 9.62. The quantitative estimate of drug-likeness (QED) is 0.645. The van der Waals surface area contributed by atoms with Crippen molar-refractivity contribution in [3.63, 3.8) is 0 Å².